The number of hydrogen-bond acceptors (Lipinski definition) is 2. The summed E-state index contributed by atoms with van der Waals surface area (Å²) in [6.07, 6.45) is 6.91. The lowest BCUT2D eigenvalue weighted by Gasteiger charge is -2.26. The summed E-state index contributed by atoms with van der Waals surface area (Å²) >= 11 is 0. The number of pyridine rings is 1. The molecule has 1 amide bonds. The molecule has 1 aliphatic heterocycles. The maximum atomic E-state index is 13.1. The number of halogens is 1. The van der Waals surface area contributed by atoms with Gasteiger partial charge in [0.1, 0.15) is 11.5 Å². The fraction of sp³-hybridized carbons (Fsp3) is 0.238. The zero-order chi connectivity index (χ0) is 18.1. The molecule has 0 radical (unpaired) electrons. The lowest BCUT2D eigenvalue weighted by molar-refractivity contribution is -0.130. The lowest BCUT2D eigenvalue weighted by Crippen LogP contribution is -2.35. The third-order valence-corrected chi connectivity index (χ3v) is 4.92. The van der Waals surface area contributed by atoms with Crippen molar-refractivity contribution in [1.82, 2.24) is 14.3 Å². The molecule has 1 aromatic carbocycles. The van der Waals surface area contributed by atoms with Crippen LogP contribution in [-0.2, 0) is 11.2 Å². The van der Waals surface area contributed by atoms with Crippen LogP contribution in [0.15, 0.2) is 54.9 Å². The molecule has 0 saturated heterocycles. The molecule has 0 aliphatic carbocycles. The molecular weight excluding hydrogens is 329 g/mol. The second-order valence-electron chi connectivity index (χ2n) is 6.64. The third-order valence-electron chi connectivity index (χ3n) is 4.92. The fourth-order valence-corrected chi connectivity index (χ4v) is 3.42. The molecule has 4 nitrogen and oxygen atoms in total. The Bertz CT molecular complexity index is 988. The van der Waals surface area contributed by atoms with Crippen LogP contribution in [0, 0.1) is 12.7 Å². The number of carbonyl (C=O) groups excluding carboxylic acids is 1. The number of nitrogens with zero attached hydrogens (tertiary/aromatic N) is 3. The molecule has 3 aromatic rings. The van der Waals surface area contributed by atoms with Crippen molar-refractivity contribution >= 4 is 17.1 Å². The maximum Gasteiger partial charge on any atom is 0.228 e. The predicted octanol–water partition coefficient (Wildman–Crippen LogP) is 3.64. The van der Waals surface area contributed by atoms with Crippen LogP contribution in [0.3, 0.4) is 0 Å². The van der Waals surface area contributed by atoms with Crippen molar-refractivity contribution in [2.75, 3.05) is 13.1 Å². The second kappa shape index (κ2) is 6.75. The Kier molecular flexibility index (Phi) is 4.29. The van der Waals surface area contributed by atoms with E-state index in [1.165, 1.54) is 17.7 Å². The van der Waals surface area contributed by atoms with E-state index in [4.69, 9.17) is 0 Å². The van der Waals surface area contributed by atoms with Crippen molar-refractivity contribution < 1.29 is 9.18 Å². The number of imidazole rings is 1. The second-order valence-corrected chi connectivity index (χ2v) is 6.64. The molecule has 132 valence electrons. The van der Waals surface area contributed by atoms with E-state index in [0.29, 0.717) is 19.5 Å². The quantitative estimate of drug-likeness (QED) is 0.724. The molecule has 4 rings (SSSR count). The summed E-state index contributed by atoms with van der Waals surface area (Å²) < 4.78 is 15.0. The SMILES string of the molecule is Cc1cccn2c(CC(=O)N3CC=C(c4ccc(F)cc4)CC3)cnc12. The summed E-state index contributed by atoms with van der Waals surface area (Å²) in [7, 11) is 0. The largest absolute Gasteiger partial charge is 0.338 e. The topological polar surface area (TPSA) is 37.6 Å². The predicted molar refractivity (Wildman–Crippen MR) is 99.2 cm³/mol. The van der Waals surface area contributed by atoms with Crippen LogP contribution in [0.5, 0.6) is 0 Å². The van der Waals surface area contributed by atoms with Gasteiger partial charge >= 0.3 is 0 Å². The van der Waals surface area contributed by atoms with Crippen LogP contribution >= 0.6 is 0 Å². The Balaban J connectivity index is 1.46. The van der Waals surface area contributed by atoms with Crippen molar-refractivity contribution in [2.24, 2.45) is 0 Å². The summed E-state index contributed by atoms with van der Waals surface area (Å²) in [6, 6.07) is 10.5. The standard InChI is InChI=1S/C21H20FN3O/c1-15-3-2-10-25-19(14-23-21(15)25)13-20(26)24-11-8-17(9-12-24)16-4-6-18(22)7-5-16/h2-8,10,14H,9,11-13H2,1H3. The molecule has 0 atom stereocenters. The van der Waals surface area contributed by atoms with E-state index < -0.39 is 0 Å². The number of benzene rings is 1. The number of hydrogen-bond donors (Lipinski definition) is 0. The Morgan fingerprint density at radius 1 is 1.23 bits per heavy atom. The highest BCUT2D eigenvalue weighted by molar-refractivity contribution is 5.80. The molecule has 5 heteroatoms. The number of amides is 1. The summed E-state index contributed by atoms with van der Waals surface area (Å²) in [5.41, 5.74) is 5.08. The Labute approximate surface area is 151 Å². The van der Waals surface area contributed by atoms with E-state index in [-0.39, 0.29) is 11.7 Å². The van der Waals surface area contributed by atoms with Crippen molar-refractivity contribution in [3.05, 3.63) is 77.5 Å². The van der Waals surface area contributed by atoms with Gasteiger partial charge in [0, 0.05) is 25.5 Å². The van der Waals surface area contributed by atoms with Gasteiger partial charge in [0.25, 0.3) is 0 Å². The van der Waals surface area contributed by atoms with Gasteiger partial charge in [-0.15, -0.1) is 0 Å². The van der Waals surface area contributed by atoms with Crippen molar-refractivity contribution in [3.8, 4) is 0 Å². The Morgan fingerprint density at radius 3 is 2.77 bits per heavy atom. The maximum absolute atomic E-state index is 13.1. The van der Waals surface area contributed by atoms with Gasteiger partial charge in [-0.3, -0.25) is 4.79 Å². The minimum Gasteiger partial charge on any atom is -0.338 e. The van der Waals surface area contributed by atoms with Gasteiger partial charge in [0.2, 0.25) is 5.91 Å². The monoisotopic (exact) mass is 349 g/mol. The van der Waals surface area contributed by atoms with Gasteiger partial charge in [0.05, 0.1) is 12.1 Å². The van der Waals surface area contributed by atoms with Gasteiger partial charge in [-0.2, -0.15) is 0 Å². The summed E-state index contributed by atoms with van der Waals surface area (Å²) in [6.45, 7) is 3.28. The summed E-state index contributed by atoms with van der Waals surface area (Å²) in [5.74, 6) is -0.132. The fourth-order valence-electron chi connectivity index (χ4n) is 3.42. The lowest BCUT2D eigenvalue weighted by atomic mass is 9.99. The number of aromatic nitrogens is 2. The van der Waals surface area contributed by atoms with Crippen LogP contribution < -0.4 is 0 Å². The van der Waals surface area contributed by atoms with Gasteiger partial charge in [0.15, 0.2) is 0 Å². The van der Waals surface area contributed by atoms with Crippen molar-refractivity contribution in [3.63, 3.8) is 0 Å². The van der Waals surface area contributed by atoms with E-state index >= 15 is 0 Å². The van der Waals surface area contributed by atoms with Crippen LogP contribution in [0.1, 0.15) is 23.2 Å². The van der Waals surface area contributed by atoms with Crippen LogP contribution in [0.25, 0.3) is 11.2 Å². The number of fused-ring (bicyclic) bond motifs is 1. The molecule has 0 bridgehead atoms. The molecule has 0 spiro atoms. The first-order chi connectivity index (χ1) is 12.6. The highest BCUT2D eigenvalue weighted by atomic mass is 19.1. The molecule has 1 aliphatic rings. The molecule has 0 saturated carbocycles. The van der Waals surface area contributed by atoms with Crippen LogP contribution in [0.4, 0.5) is 4.39 Å². The minimum atomic E-state index is -0.231. The van der Waals surface area contributed by atoms with Crippen LogP contribution in [-0.4, -0.2) is 33.3 Å². The number of aryl methyl sites for hydroxylation is 1. The highest BCUT2D eigenvalue weighted by Crippen LogP contribution is 2.23. The minimum absolute atomic E-state index is 0.0997. The highest BCUT2D eigenvalue weighted by Gasteiger charge is 2.19. The van der Waals surface area contributed by atoms with E-state index in [9.17, 15) is 9.18 Å². The zero-order valence-corrected chi connectivity index (χ0v) is 14.7. The molecule has 0 N–H and O–H groups in total. The van der Waals surface area contributed by atoms with Gasteiger partial charge < -0.3 is 9.30 Å². The first-order valence-corrected chi connectivity index (χ1v) is 8.76. The number of carbonyl (C=O) groups is 1. The smallest absolute Gasteiger partial charge is 0.228 e. The van der Waals surface area contributed by atoms with E-state index in [2.05, 4.69) is 11.1 Å². The molecule has 0 fully saturated rings. The number of rotatable bonds is 3. The Morgan fingerprint density at radius 2 is 2.04 bits per heavy atom. The van der Waals surface area contributed by atoms with E-state index in [0.717, 1.165) is 28.9 Å². The van der Waals surface area contributed by atoms with Crippen LogP contribution in [0.2, 0.25) is 0 Å². The van der Waals surface area contributed by atoms with Crippen molar-refractivity contribution in [2.45, 2.75) is 19.8 Å². The first kappa shape index (κ1) is 16.5. The third kappa shape index (κ3) is 3.12. The molecule has 2 aromatic heterocycles. The van der Waals surface area contributed by atoms with Gasteiger partial charge in [-0.25, -0.2) is 9.37 Å². The average molecular weight is 349 g/mol. The summed E-state index contributed by atoms with van der Waals surface area (Å²) in [5, 5.41) is 0. The molecule has 3 heterocycles. The van der Waals surface area contributed by atoms with E-state index in [1.807, 2.05) is 34.6 Å². The first-order valence-electron chi connectivity index (χ1n) is 8.76. The van der Waals surface area contributed by atoms with E-state index in [1.54, 1.807) is 18.3 Å². The average Bonchev–Trinajstić information content (AvgIpc) is 3.07. The molecule has 0 unspecified atom stereocenters. The summed E-state index contributed by atoms with van der Waals surface area (Å²) in [4.78, 5) is 19.0. The Hall–Kier alpha value is -2.95. The molecule has 26 heavy (non-hydrogen) atoms. The van der Waals surface area contributed by atoms with Crippen molar-refractivity contribution in [1.29, 1.82) is 0 Å². The zero-order valence-electron chi connectivity index (χ0n) is 14.7. The normalized spacial score (nSPS) is 14.5. The van der Waals surface area contributed by atoms with Gasteiger partial charge in [-0.1, -0.05) is 24.3 Å². The molecular formula is C21H20FN3O. The van der Waals surface area contributed by atoms with Gasteiger partial charge in [-0.05, 0) is 48.2 Å².